The zero-order valence-corrected chi connectivity index (χ0v) is 16.0. The predicted molar refractivity (Wildman–Crippen MR) is 103 cm³/mol. The summed E-state index contributed by atoms with van der Waals surface area (Å²) in [6.07, 6.45) is 0.482. The van der Waals surface area contributed by atoms with Crippen LogP contribution >= 0.6 is 23.3 Å². The van der Waals surface area contributed by atoms with E-state index in [0.717, 1.165) is 42.8 Å². The molecule has 0 bridgehead atoms. The zero-order chi connectivity index (χ0) is 17.5. The molecule has 6 nitrogen and oxygen atoms in total. The molecular formula is C17H23N5OS2. The van der Waals surface area contributed by atoms with Crippen molar-refractivity contribution in [3.63, 3.8) is 0 Å². The second-order valence-electron chi connectivity index (χ2n) is 6.10. The molecule has 1 amide bonds. The molecule has 0 saturated carbocycles. The topological polar surface area (TPSA) is 61.4 Å². The van der Waals surface area contributed by atoms with E-state index in [1.807, 2.05) is 18.2 Å². The van der Waals surface area contributed by atoms with Gasteiger partial charge in [-0.3, -0.25) is 10.1 Å². The summed E-state index contributed by atoms with van der Waals surface area (Å²) in [5.41, 5.74) is 1.25. The molecule has 1 aromatic heterocycles. The predicted octanol–water partition coefficient (Wildman–Crippen LogP) is 2.41. The van der Waals surface area contributed by atoms with Crippen LogP contribution in [0, 0.1) is 0 Å². The molecule has 0 unspecified atom stereocenters. The van der Waals surface area contributed by atoms with E-state index in [1.165, 1.54) is 17.1 Å². The number of hydrogen-bond acceptors (Lipinski definition) is 7. The Morgan fingerprint density at radius 1 is 1.24 bits per heavy atom. The minimum Gasteiger partial charge on any atom is -0.304 e. The van der Waals surface area contributed by atoms with Gasteiger partial charge in [0, 0.05) is 44.9 Å². The maximum absolute atomic E-state index is 12.1. The van der Waals surface area contributed by atoms with Gasteiger partial charge in [-0.15, -0.1) is 0 Å². The average Bonchev–Trinajstić information content (AvgIpc) is 3.08. The molecule has 1 aliphatic rings. The molecule has 0 spiro atoms. The van der Waals surface area contributed by atoms with Gasteiger partial charge in [-0.25, -0.2) is 0 Å². The van der Waals surface area contributed by atoms with Gasteiger partial charge in [0.25, 0.3) is 0 Å². The third kappa shape index (κ3) is 6.07. The SMILES string of the molecule is CN1CCN(CCC(=O)Nc2nsc(SCc3ccccc3)n2)CC1. The molecular weight excluding hydrogens is 354 g/mol. The lowest BCUT2D eigenvalue weighted by Gasteiger charge is -2.32. The number of nitrogens with one attached hydrogen (secondary N) is 1. The third-order valence-corrected chi connectivity index (χ3v) is 6.02. The molecule has 1 aliphatic heterocycles. The lowest BCUT2D eigenvalue weighted by molar-refractivity contribution is -0.116. The number of anilines is 1. The highest BCUT2D eigenvalue weighted by molar-refractivity contribution is 8.00. The molecule has 1 aromatic carbocycles. The van der Waals surface area contributed by atoms with E-state index < -0.39 is 0 Å². The van der Waals surface area contributed by atoms with Crippen LogP contribution in [0.25, 0.3) is 0 Å². The Morgan fingerprint density at radius 2 is 2.00 bits per heavy atom. The summed E-state index contributed by atoms with van der Waals surface area (Å²) in [4.78, 5) is 21.1. The summed E-state index contributed by atoms with van der Waals surface area (Å²) in [5.74, 6) is 1.26. The van der Waals surface area contributed by atoms with Gasteiger partial charge in [-0.05, 0) is 24.1 Å². The largest absolute Gasteiger partial charge is 0.304 e. The minimum atomic E-state index is -0.0173. The number of thioether (sulfide) groups is 1. The number of likely N-dealkylation sites (N-methyl/N-ethyl adjacent to an activating group) is 1. The Morgan fingerprint density at radius 3 is 2.76 bits per heavy atom. The summed E-state index contributed by atoms with van der Waals surface area (Å²) < 4.78 is 5.10. The number of amides is 1. The molecule has 0 aliphatic carbocycles. The van der Waals surface area contributed by atoms with Gasteiger partial charge in [0.15, 0.2) is 4.34 Å². The van der Waals surface area contributed by atoms with Gasteiger partial charge in [0.1, 0.15) is 0 Å². The summed E-state index contributed by atoms with van der Waals surface area (Å²) in [6.45, 7) is 4.98. The van der Waals surface area contributed by atoms with Crippen LogP contribution in [0.5, 0.6) is 0 Å². The van der Waals surface area contributed by atoms with E-state index in [0.29, 0.717) is 12.4 Å². The van der Waals surface area contributed by atoms with Crippen molar-refractivity contribution >= 4 is 35.1 Å². The number of piperazine rings is 1. The minimum absolute atomic E-state index is 0.0173. The van der Waals surface area contributed by atoms with Crippen molar-refractivity contribution in [2.24, 2.45) is 0 Å². The summed E-state index contributed by atoms with van der Waals surface area (Å²) in [6, 6.07) is 10.3. The van der Waals surface area contributed by atoms with E-state index in [2.05, 4.69) is 43.7 Å². The van der Waals surface area contributed by atoms with Gasteiger partial charge in [-0.2, -0.15) is 9.36 Å². The van der Waals surface area contributed by atoms with Crippen LogP contribution in [0.4, 0.5) is 5.95 Å². The number of nitrogens with zero attached hydrogens (tertiary/aromatic N) is 4. The monoisotopic (exact) mass is 377 g/mol. The quantitative estimate of drug-likeness (QED) is 0.748. The maximum atomic E-state index is 12.1. The molecule has 134 valence electrons. The molecule has 1 N–H and O–H groups in total. The first-order valence-corrected chi connectivity index (χ1v) is 10.2. The molecule has 2 aromatic rings. The normalized spacial score (nSPS) is 16.0. The lowest BCUT2D eigenvalue weighted by atomic mass is 10.2. The molecule has 1 saturated heterocycles. The van der Waals surface area contributed by atoms with Crippen molar-refractivity contribution in [2.45, 2.75) is 16.5 Å². The second-order valence-corrected chi connectivity index (χ2v) is 8.08. The van der Waals surface area contributed by atoms with Crippen molar-refractivity contribution in [1.82, 2.24) is 19.2 Å². The number of hydrogen-bond donors (Lipinski definition) is 1. The Bertz CT molecular complexity index is 671. The van der Waals surface area contributed by atoms with Gasteiger partial charge in [0.05, 0.1) is 0 Å². The van der Waals surface area contributed by atoms with Crippen LogP contribution < -0.4 is 5.32 Å². The number of carbonyl (C=O) groups is 1. The molecule has 25 heavy (non-hydrogen) atoms. The third-order valence-electron chi connectivity index (χ3n) is 4.11. The zero-order valence-electron chi connectivity index (χ0n) is 14.4. The lowest BCUT2D eigenvalue weighted by Crippen LogP contribution is -2.45. The van der Waals surface area contributed by atoms with Crippen molar-refractivity contribution in [3.8, 4) is 0 Å². The summed E-state index contributed by atoms with van der Waals surface area (Å²) in [7, 11) is 2.13. The highest BCUT2D eigenvalue weighted by atomic mass is 32.2. The van der Waals surface area contributed by atoms with Gasteiger partial charge >= 0.3 is 0 Å². The van der Waals surface area contributed by atoms with E-state index in [9.17, 15) is 4.79 Å². The molecule has 0 atom stereocenters. The van der Waals surface area contributed by atoms with Crippen molar-refractivity contribution < 1.29 is 4.79 Å². The highest BCUT2D eigenvalue weighted by Gasteiger charge is 2.15. The smallest absolute Gasteiger partial charge is 0.242 e. The van der Waals surface area contributed by atoms with Gasteiger partial charge < -0.3 is 9.80 Å². The van der Waals surface area contributed by atoms with E-state index in [1.54, 1.807) is 11.8 Å². The standard InChI is InChI=1S/C17H23N5OS2/c1-21-9-11-22(12-10-21)8-7-15(23)18-16-19-17(25-20-16)24-13-14-5-3-2-4-6-14/h2-6H,7-13H2,1H3,(H,18,20,23). The summed E-state index contributed by atoms with van der Waals surface area (Å²) in [5, 5.41) is 2.81. The van der Waals surface area contributed by atoms with Crippen LogP contribution in [0.1, 0.15) is 12.0 Å². The first kappa shape index (κ1) is 18.3. The molecule has 3 rings (SSSR count). The number of carbonyl (C=O) groups excluding carboxylic acids is 1. The molecule has 0 radical (unpaired) electrons. The van der Waals surface area contributed by atoms with Crippen LogP contribution in [-0.4, -0.2) is 64.8 Å². The van der Waals surface area contributed by atoms with E-state index in [-0.39, 0.29) is 5.91 Å². The maximum Gasteiger partial charge on any atom is 0.242 e. The number of benzene rings is 1. The van der Waals surface area contributed by atoms with E-state index in [4.69, 9.17) is 0 Å². The summed E-state index contributed by atoms with van der Waals surface area (Å²) >= 11 is 2.97. The Kier molecular flexibility index (Phi) is 6.80. The molecule has 2 heterocycles. The van der Waals surface area contributed by atoms with Crippen LogP contribution in [-0.2, 0) is 10.5 Å². The molecule has 8 heteroatoms. The van der Waals surface area contributed by atoms with Gasteiger partial charge in [0.2, 0.25) is 11.9 Å². The Hall–Kier alpha value is -1.48. The highest BCUT2D eigenvalue weighted by Crippen LogP contribution is 2.25. The number of rotatable bonds is 7. The fourth-order valence-corrected chi connectivity index (χ4v) is 4.07. The van der Waals surface area contributed by atoms with E-state index >= 15 is 0 Å². The average molecular weight is 378 g/mol. The Labute approximate surface area is 156 Å². The molecule has 1 fully saturated rings. The second kappa shape index (κ2) is 9.28. The van der Waals surface area contributed by atoms with Crippen LogP contribution in [0.15, 0.2) is 34.7 Å². The number of aromatic nitrogens is 2. The van der Waals surface area contributed by atoms with Crippen molar-refractivity contribution in [1.29, 1.82) is 0 Å². The first-order chi connectivity index (χ1) is 12.2. The Balaban J connectivity index is 1.39. The van der Waals surface area contributed by atoms with Gasteiger partial charge in [-0.1, -0.05) is 42.1 Å². The van der Waals surface area contributed by atoms with Crippen molar-refractivity contribution in [3.05, 3.63) is 35.9 Å². The van der Waals surface area contributed by atoms with Crippen LogP contribution in [0.2, 0.25) is 0 Å². The fourth-order valence-electron chi connectivity index (χ4n) is 2.56. The first-order valence-electron chi connectivity index (χ1n) is 8.40. The fraction of sp³-hybridized carbons (Fsp3) is 0.471. The van der Waals surface area contributed by atoms with Crippen LogP contribution in [0.3, 0.4) is 0 Å². The van der Waals surface area contributed by atoms with Crippen molar-refractivity contribution in [2.75, 3.05) is 45.1 Å².